The van der Waals surface area contributed by atoms with Gasteiger partial charge in [-0.15, -0.1) is 26.3 Å². The molecule has 0 spiro atoms. The lowest BCUT2D eigenvalue weighted by Crippen LogP contribution is -1.71. The third-order valence-corrected chi connectivity index (χ3v) is 0.471. The lowest BCUT2D eigenvalue weighted by Gasteiger charge is -1.84. The van der Waals surface area contributed by atoms with E-state index in [1.807, 2.05) is 13.0 Å². The Labute approximate surface area is 66.0 Å². The highest BCUT2D eigenvalue weighted by molar-refractivity contribution is 4.69. The number of hydrogen-bond donors (Lipinski definition) is 0. The molecule has 0 N–H and O–H groups in total. The van der Waals surface area contributed by atoms with Gasteiger partial charge in [0, 0.05) is 0 Å². The first kappa shape index (κ1) is 16.1. The van der Waals surface area contributed by atoms with E-state index in [2.05, 4.69) is 40.2 Å². The normalized spacial score (nSPS) is 6.00. The van der Waals surface area contributed by atoms with Gasteiger partial charge in [-0.25, -0.2) is 0 Å². The highest BCUT2D eigenvalue weighted by Gasteiger charge is 1.73. The van der Waals surface area contributed by atoms with Gasteiger partial charge in [0.15, 0.2) is 0 Å². The van der Waals surface area contributed by atoms with Crippen LogP contribution in [-0.4, -0.2) is 0 Å². The maximum absolute atomic E-state index is 3.56. The van der Waals surface area contributed by atoms with Gasteiger partial charge in [0.25, 0.3) is 0 Å². The van der Waals surface area contributed by atoms with E-state index in [1.165, 1.54) is 0 Å². The van der Waals surface area contributed by atoms with Gasteiger partial charge in [-0.1, -0.05) is 26.0 Å². The van der Waals surface area contributed by atoms with E-state index in [0.717, 1.165) is 0 Å². The highest BCUT2D eigenvalue weighted by atomic mass is 13.8. The number of allylic oxidation sites excluding steroid dienone is 2. The number of rotatable bonds is 1. The molecule has 0 atom stereocenters. The van der Waals surface area contributed by atoms with Crippen molar-refractivity contribution in [2.24, 2.45) is 5.92 Å². The van der Waals surface area contributed by atoms with Crippen molar-refractivity contribution >= 4 is 0 Å². The molecule has 0 nitrogen and oxygen atoms in total. The SMILES string of the molecule is C=C.C=CC.C=CC(C)C. The number of hydrogen-bond acceptors (Lipinski definition) is 0. The van der Waals surface area contributed by atoms with Crippen LogP contribution in [0.2, 0.25) is 0 Å². The second-order valence-corrected chi connectivity index (χ2v) is 1.89. The van der Waals surface area contributed by atoms with Crippen molar-refractivity contribution < 1.29 is 0 Å². The highest BCUT2D eigenvalue weighted by Crippen LogP contribution is 1.87. The van der Waals surface area contributed by atoms with Gasteiger partial charge in [-0.05, 0) is 12.8 Å². The summed E-state index contributed by atoms with van der Waals surface area (Å²) in [5.74, 6) is 0.648. The summed E-state index contributed by atoms with van der Waals surface area (Å²) < 4.78 is 0. The van der Waals surface area contributed by atoms with Crippen LogP contribution < -0.4 is 0 Å². The third kappa shape index (κ3) is 188. The van der Waals surface area contributed by atoms with E-state index in [0.29, 0.717) is 5.92 Å². The second-order valence-electron chi connectivity index (χ2n) is 1.89. The Balaban J connectivity index is -0.0000000847. The summed E-state index contributed by atoms with van der Waals surface area (Å²) >= 11 is 0. The fourth-order valence-electron chi connectivity index (χ4n) is 0. The summed E-state index contributed by atoms with van der Waals surface area (Å²) in [6.45, 7) is 19.0. The molecule has 60 valence electrons. The van der Waals surface area contributed by atoms with Crippen LogP contribution in [0, 0.1) is 5.92 Å². The zero-order valence-electron chi connectivity index (χ0n) is 7.56. The predicted molar refractivity (Wildman–Crippen MR) is 52.2 cm³/mol. The molecule has 0 radical (unpaired) electrons. The summed E-state index contributed by atoms with van der Waals surface area (Å²) in [4.78, 5) is 0. The minimum atomic E-state index is 0.648. The van der Waals surface area contributed by atoms with Crippen molar-refractivity contribution in [2.45, 2.75) is 20.8 Å². The molecule has 0 aliphatic heterocycles. The molecule has 0 aliphatic carbocycles. The molecule has 0 saturated carbocycles. The zero-order chi connectivity index (χ0) is 8.99. The van der Waals surface area contributed by atoms with Crippen molar-refractivity contribution in [2.75, 3.05) is 0 Å². The molecule has 10 heavy (non-hydrogen) atoms. The monoisotopic (exact) mass is 140 g/mol. The summed E-state index contributed by atoms with van der Waals surface area (Å²) in [6, 6.07) is 0. The van der Waals surface area contributed by atoms with Gasteiger partial charge in [0.05, 0.1) is 0 Å². The average molecular weight is 140 g/mol. The van der Waals surface area contributed by atoms with E-state index in [-0.39, 0.29) is 0 Å². The van der Waals surface area contributed by atoms with Crippen molar-refractivity contribution in [1.29, 1.82) is 0 Å². The molecule has 0 rings (SSSR count). The van der Waals surface area contributed by atoms with E-state index in [9.17, 15) is 0 Å². The molecule has 0 aromatic heterocycles. The van der Waals surface area contributed by atoms with E-state index >= 15 is 0 Å². The quantitative estimate of drug-likeness (QED) is 0.486. The Bertz CT molecular complexity index is 60.4. The largest absolute Gasteiger partial charge is 0.106 e. The molecule has 0 bridgehead atoms. The van der Waals surface area contributed by atoms with Crippen LogP contribution in [0.5, 0.6) is 0 Å². The molecule has 0 heteroatoms. The van der Waals surface area contributed by atoms with E-state index in [4.69, 9.17) is 0 Å². The van der Waals surface area contributed by atoms with Crippen LogP contribution in [0.4, 0.5) is 0 Å². The summed E-state index contributed by atoms with van der Waals surface area (Å²) in [6.07, 6.45) is 3.67. The maximum Gasteiger partial charge on any atom is -0.0293 e. The Morgan fingerprint density at radius 2 is 1.20 bits per heavy atom. The van der Waals surface area contributed by atoms with Crippen LogP contribution in [-0.2, 0) is 0 Å². The summed E-state index contributed by atoms with van der Waals surface area (Å²) in [5.41, 5.74) is 0. The lowest BCUT2D eigenvalue weighted by molar-refractivity contribution is 0.835. The van der Waals surface area contributed by atoms with Crippen LogP contribution in [0.25, 0.3) is 0 Å². The lowest BCUT2D eigenvalue weighted by atomic mass is 10.2. The van der Waals surface area contributed by atoms with Gasteiger partial charge in [-0.2, -0.15) is 0 Å². The van der Waals surface area contributed by atoms with Crippen LogP contribution in [0.15, 0.2) is 38.5 Å². The van der Waals surface area contributed by atoms with Crippen LogP contribution in [0.3, 0.4) is 0 Å². The van der Waals surface area contributed by atoms with Crippen LogP contribution in [0.1, 0.15) is 20.8 Å². The molecule has 0 aromatic rings. The molecular formula is C10H20. The first-order valence-corrected chi connectivity index (χ1v) is 3.38. The fraction of sp³-hybridized carbons (Fsp3) is 0.400. The fourth-order valence-corrected chi connectivity index (χ4v) is 0. The average Bonchev–Trinajstić information content (AvgIpc) is 1.94. The predicted octanol–water partition coefficient (Wildman–Crippen LogP) is 3.82. The van der Waals surface area contributed by atoms with Crippen molar-refractivity contribution in [3.63, 3.8) is 0 Å². The Hall–Kier alpha value is -0.780. The van der Waals surface area contributed by atoms with Crippen LogP contribution >= 0.6 is 0 Å². The molecule has 0 unspecified atom stereocenters. The van der Waals surface area contributed by atoms with Gasteiger partial charge >= 0.3 is 0 Å². The maximum atomic E-state index is 3.56. The first-order valence-electron chi connectivity index (χ1n) is 3.38. The van der Waals surface area contributed by atoms with Gasteiger partial charge in [-0.3, -0.25) is 0 Å². The smallest absolute Gasteiger partial charge is 0.0293 e. The Kier molecular flexibility index (Phi) is 38.7. The molecule has 0 heterocycles. The zero-order valence-corrected chi connectivity index (χ0v) is 7.56. The molecule has 0 saturated heterocycles. The molecule has 0 aliphatic rings. The molecule has 0 amide bonds. The first-order chi connectivity index (χ1) is 4.68. The van der Waals surface area contributed by atoms with Gasteiger partial charge < -0.3 is 0 Å². The van der Waals surface area contributed by atoms with Gasteiger partial charge in [0.2, 0.25) is 0 Å². The standard InChI is InChI=1S/C5H10.C3H6.C2H4/c1-4-5(2)3;1-3-2;1-2/h4-5H,1H2,2-3H3;3H,1H2,2H3;1-2H2. The molecular weight excluding hydrogens is 120 g/mol. The minimum Gasteiger partial charge on any atom is -0.106 e. The van der Waals surface area contributed by atoms with Crippen molar-refractivity contribution in [3.8, 4) is 0 Å². The Morgan fingerprint density at radius 1 is 1.10 bits per heavy atom. The van der Waals surface area contributed by atoms with Crippen molar-refractivity contribution in [1.82, 2.24) is 0 Å². The van der Waals surface area contributed by atoms with E-state index < -0.39 is 0 Å². The van der Waals surface area contributed by atoms with E-state index in [1.54, 1.807) is 6.08 Å². The molecule has 0 aromatic carbocycles. The topological polar surface area (TPSA) is 0 Å². The molecule has 0 fully saturated rings. The second kappa shape index (κ2) is 24.1. The van der Waals surface area contributed by atoms with Gasteiger partial charge in [0.1, 0.15) is 0 Å². The minimum absolute atomic E-state index is 0.648. The third-order valence-electron chi connectivity index (χ3n) is 0.471. The Morgan fingerprint density at radius 3 is 1.20 bits per heavy atom. The summed E-state index contributed by atoms with van der Waals surface area (Å²) in [7, 11) is 0. The summed E-state index contributed by atoms with van der Waals surface area (Å²) in [5, 5.41) is 0. The van der Waals surface area contributed by atoms with Crippen molar-refractivity contribution in [3.05, 3.63) is 38.5 Å².